The zero-order chi connectivity index (χ0) is 76.4. The fourth-order valence-corrected chi connectivity index (χ4v) is 14.8. The second-order valence-corrected chi connectivity index (χ2v) is 34.4. The van der Waals surface area contributed by atoms with Gasteiger partial charge in [0, 0.05) is 25.7 Å². The van der Waals surface area contributed by atoms with Gasteiger partial charge in [0.15, 0.2) is 12.2 Å². The number of esters is 4. The molecule has 0 bridgehead atoms. The Balaban J connectivity index is 5.22. The van der Waals surface area contributed by atoms with Gasteiger partial charge in [0.2, 0.25) is 0 Å². The summed E-state index contributed by atoms with van der Waals surface area (Å²) < 4.78 is 68.8. The van der Waals surface area contributed by atoms with Crippen LogP contribution in [0.2, 0.25) is 0 Å². The third kappa shape index (κ3) is 78.2. The lowest BCUT2D eigenvalue weighted by Gasteiger charge is -2.21. The van der Waals surface area contributed by atoms with Gasteiger partial charge in [-0.25, -0.2) is 9.13 Å². The van der Waals surface area contributed by atoms with Gasteiger partial charge >= 0.3 is 39.5 Å². The molecule has 0 spiro atoms. The zero-order valence-electron chi connectivity index (χ0n) is 68.3. The highest BCUT2D eigenvalue weighted by atomic mass is 31.2. The Bertz CT molecular complexity index is 1990. The first-order valence-electron chi connectivity index (χ1n) is 44.0. The van der Waals surface area contributed by atoms with Crippen LogP contribution in [-0.2, 0) is 65.4 Å². The molecule has 0 radical (unpaired) electrons. The molecule has 19 heteroatoms. The highest BCUT2D eigenvalue weighted by Gasteiger charge is 2.30. The second-order valence-electron chi connectivity index (χ2n) is 31.5. The maximum absolute atomic E-state index is 13.1. The van der Waals surface area contributed by atoms with E-state index in [1.54, 1.807) is 0 Å². The van der Waals surface area contributed by atoms with Crippen molar-refractivity contribution in [2.75, 3.05) is 39.6 Å². The van der Waals surface area contributed by atoms with Gasteiger partial charge in [-0.15, -0.1) is 0 Å². The molecule has 0 aliphatic rings. The van der Waals surface area contributed by atoms with Crippen LogP contribution in [0.4, 0.5) is 0 Å². The van der Waals surface area contributed by atoms with Crippen LogP contribution in [-0.4, -0.2) is 96.7 Å². The Morgan fingerprint density at radius 2 is 0.442 bits per heavy atom. The van der Waals surface area contributed by atoms with E-state index in [1.807, 2.05) is 0 Å². The van der Waals surface area contributed by atoms with Gasteiger partial charge in [0.25, 0.3) is 0 Å². The predicted molar refractivity (Wildman–Crippen MR) is 428 cm³/mol. The summed E-state index contributed by atoms with van der Waals surface area (Å²) in [6.45, 7) is 9.66. The average molecular weight is 1520 g/mol. The highest BCUT2D eigenvalue weighted by Crippen LogP contribution is 2.45. The van der Waals surface area contributed by atoms with E-state index < -0.39 is 97.5 Å². The highest BCUT2D eigenvalue weighted by molar-refractivity contribution is 7.47. The molecule has 5 atom stereocenters. The Hall–Kier alpha value is -1.94. The van der Waals surface area contributed by atoms with Gasteiger partial charge in [0.1, 0.15) is 19.3 Å². The number of ether oxygens (including phenoxy) is 4. The van der Waals surface area contributed by atoms with E-state index in [2.05, 4.69) is 41.5 Å². The Morgan fingerprint density at radius 1 is 0.260 bits per heavy atom. The lowest BCUT2D eigenvalue weighted by Crippen LogP contribution is -2.30. The molecule has 17 nitrogen and oxygen atoms in total. The summed E-state index contributed by atoms with van der Waals surface area (Å²) in [7, 11) is -9.92. The Kier molecular flexibility index (Phi) is 75.0. The fourth-order valence-electron chi connectivity index (χ4n) is 13.2. The molecule has 0 aromatic carbocycles. The Morgan fingerprint density at radius 3 is 0.654 bits per heavy atom. The molecular weight excluding hydrogens is 1350 g/mol. The number of phosphoric acid groups is 2. The maximum atomic E-state index is 13.1. The topological polar surface area (TPSA) is 237 Å². The number of rotatable bonds is 84. The zero-order valence-corrected chi connectivity index (χ0v) is 70.1. The molecule has 3 N–H and O–H groups in total. The molecule has 104 heavy (non-hydrogen) atoms. The number of carbonyl (C=O) groups excluding carboxylic acids is 4. The van der Waals surface area contributed by atoms with Gasteiger partial charge in [-0.05, 0) is 37.5 Å². The van der Waals surface area contributed by atoms with Crippen LogP contribution < -0.4 is 0 Å². The van der Waals surface area contributed by atoms with E-state index in [1.165, 1.54) is 270 Å². The molecule has 0 heterocycles. The van der Waals surface area contributed by atoms with E-state index in [-0.39, 0.29) is 25.7 Å². The fraction of sp³-hybridized carbons (Fsp3) is 0.953. The number of hydrogen-bond acceptors (Lipinski definition) is 15. The first-order chi connectivity index (χ1) is 50.4. The Labute approximate surface area is 638 Å². The minimum absolute atomic E-state index is 0.107. The van der Waals surface area contributed by atoms with Crippen LogP contribution in [0.25, 0.3) is 0 Å². The van der Waals surface area contributed by atoms with Gasteiger partial charge < -0.3 is 33.8 Å². The lowest BCUT2D eigenvalue weighted by atomic mass is 10.0. The number of unbranched alkanes of at least 4 members (excludes halogenated alkanes) is 54. The largest absolute Gasteiger partial charge is 0.472 e. The monoisotopic (exact) mass is 1520 g/mol. The molecule has 0 saturated heterocycles. The smallest absolute Gasteiger partial charge is 0.462 e. The van der Waals surface area contributed by atoms with Crippen LogP contribution in [0.5, 0.6) is 0 Å². The van der Waals surface area contributed by atoms with Crippen LogP contribution in [0.15, 0.2) is 0 Å². The van der Waals surface area contributed by atoms with Crippen LogP contribution in [0.3, 0.4) is 0 Å². The van der Waals surface area contributed by atoms with Crippen molar-refractivity contribution in [2.24, 2.45) is 11.8 Å². The lowest BCUT2D eigenvalue weighted by molar-refractivity contribution is -0.161. The van der Waals surface area contributed by atoms with Gasteiger partial charge in [-0.2, -0.15) is 0 Å². The van der Waals surface area contributed by atoms with E-state index in [0.29, 0.717) is 25.7 Å². The van der Waals surface area contributed by atoms with E-state index in [0.717, 1.165) is 102 Å². The van der Waals surface area contributed by atoms with E-state index in [9.17, 15) is 43.2 Å². The molecule has 0 aromatic rings. The number of phosphoric ester groups is 2. The van der Waals surface area contributed by atoms with Crippen LogP contribution in [0.1, 0.15) is 452 Å². The first kappa shape index (κ1) is 102. The van der Waals surface area contributed by atoms with Crippen molar-refractivity contribution in [3.05, 3.63) is 0 Å². The molecule has 0 aliphatic carbocycles. The molecule has 0 aromatic heterocycles. The summed E-state index contributed by atoms with van der Waals surface area (Å²) in [5, 5.41) is 10.7. The minimum Gasteiger partial charge on any atom is -0.462 e. The second kappa shape index (κ2) is 76.4. The third-order valence-electron chi connectivity index (χ3n) is 20.0. The maximum Gasteiger partial charge on any atom is 0.472 e. The summed E-state index contributed by atoms with van der Waals surface area (Å²) >= 11 is 0. The van der Waals surface area contributed by atoms with Gasteiger partial charge in [-0.3, -0.25) is 37.3 Å². The predicted octanol–water partition coefficient (Wildman–Crippen LogP) is 25.8. The number of hydrogen-bond donors (Lipinski definition) is 3. The van der Waals surface area contributed by atoms with Crippen molar-refractivity contribution in [2.45, 2.75) is 471 Å². The van der Waals surface area contributed by atoms with Crippen molar-refractivity contribution in [3.63, 3.8) is 0 Å². The van der Waals surface area contributed by atoms with Crippen molar-refractivity contribution in [3.8, 4) is 0 Å². The molecule has 0 fully saturated rings. The summed E-state index contributed by atoms with van der Waals surface area (Å²) in [6.07, 6.45) is 68.1. The van der Waals surface area contributed by atoms with Gasteiger partial charge in [-0.1, -0.05) is 401 Å². The summed E-state index contributed by atoms with van der Waals surface area (Å²) in [4.78, 5) is 73.2. The standard InChI is InChI=1S/C85H166O17P2/c1-7-9-11-13-15-17-19-21-22-23-24-28-31-35-38-42-49-55-61-67-82(87)95-73-80(101-85(90)70-64-58-52-44-40-36-32-29-26-25-27-30-34-37-41-47-53-59-65-77(3)4)75-99-103(91,92)97-71-79(86)72-98-104(93,94)100-76-81(74-96-83(88)68-62-56-50-46-45-48-54-60-66-78(5)6)102-84(89)69-63-57-51-43-39-33-20-18-16-14-12-10-8-2/h77-81,86H,7-76H2,1-6H3,(H,91,92)(H,93,94)/t79-,80-,81-/m1/s1. The van der Waals surface area contributed by atoms with Crippen molar-refractivity contribution < 1.29 is 80.2 Å². The average Bonchev–Trinajstić information content (AvgIpc) is 0.914. The van der Waals surface area contributed by atoms with Crippen molar-refractivity contribution >= 4 is 39.5 Å². The van der Waals surface area contributed by atoms with Crippen molar-refractivity contribution in [1.82, 2.24) is 0 Å². The van der Waals surface area contributed by atoms with Crippen LogP contribution >= 0.6 is 15.6 Å². The van der Waals surface area contributed by atoms with E-state index in [4.69, 9.17) is 37.0 Å². The molecule has 0 rings (SSSR count). The molecule has 618 valence electrons. The number of carbonyl (C=O) groups is 4. The SMILES string of the molecule is CCCCCCCCCCCCCCCCCCCCCC(=O)OC[C@H](COP(=O)(O)OC[C@@H](O)COP(=O)(O)OC[C@@H](COC(=O)CCCCCCCCCCC(C)C)OC(=O)CCCCCCCCCCCCCCC)OC(=O)CCCCCCCCCCCCCCCCCCCCC(C)C. The summed E-state index contributed by atoms with van der Waals surface area (Å²) in [6, 6.07) is 0. The summed E-state index contributed by atoms with van der Waals surface area (Å²) in [5.41, 5.74) is 0. The molecular formula is C85H166O17P2. The molecule has 0 aliphatic heterocycles. The van der Waals surface area contributed by atoms with Crippen molar-refractivity contribution in [1.29, 1.82) is 0 Å². The minimum atomic E-state index is -4.97. The molecule has 0 amide bonds. The number of aliphatic hydroxyl groups excluding tert-OH is 1. The van der Waals surface area contributed by atoms with E-state index >= 15 is 0 Å². The van der Waals surface area contributed by atoms with Gasteiger partial charge in [0.05, 0.1) is 26.4 Å². The first-order valence-corrected chi connectivity index (χ1v) is 47.0. The third-order valence-corrected chi connectivity index (χ3v) is 21.9. The normalized spacial score (nSPS) is 13.8. The molecule has 2 unspecified atom stereocenters. The number of aliphatic hydroxyl groups is 1. The quantitative estimate of drug-likeness (QED) is 0.0222. The molecule has 0 saturated carbocycles. The van der Waals surface area contributed by atoms with Crippen LogP contribution in [0, 0.1) is 11.8 Å². The summed E-state index contributed by atoms with van der Waals surface area (Å²) in [5.74, 6) is -0.557.